The number of nitrogens with zero attached hydrogens (tertiary/aromatic N) is 2. The molecule has 0 aliphatic heterocycles. The maximum atomic E-state index is 13.3. The zero-order valence-electron chi connectivity index (χ0n) is 16.1. The van der Waals surface area contributed by atoms with Crippen molar-refractivity contribution in [3.63, 3.8) is 0 Å². The molecular weight excluding hydrogens is 336 g/mol. The highest BCUT2D eigenvalue weighted by atomic mass is 16.3. The van der Waals surface area contributed by atoms with E-state index in [2.05, 4.69) is 26.0 Å². The molecule has 0 fully saturated rings. The highest BCUT2D eigenvalue weighted by Gasteiger charge is 2.18. The van der Waals surface area contributed by atoms with Crippen LogP contribution in [0.15, 0.2) is 59.4 Å². The Hall–Kier alpha value is -2.88. The first-order valence-corrected chi connectivity index (χ1v) is 9.40. The summed E-state index contributed by atoms with van der Waals surface area (Å²) in [6, 6.07) is 17.1. The smallest absolute Gasteiger partial charge is 0.257 e. The largest absolute Gasteiger partial charge is 0.507 e. The van der Waals surface area contributed by atoms with Crippen LogP contribution in [-0.4, -0.2) is 14.7 Å². The van der Waals surface area contributed by atoms with Gasteiger partial charge in [0.2, 0.25) is 0 Å². The molecule has 0 aliphatic carbocycles. The van der Waals surface area contributed by atoms with E-state index in [1.165, 1.54) is 5.56 Å². The van der Waals surface area contributed by atoms with Crippen LogP contribution in [0.25, 0.3) is 11.4 Å². The van der Waals surface area contributed by atoms with Crippen molar-refractivity contribution >= 4 is 0 Å². The number of hydrogen-bond acceptors (Lipinski definition) is 3. The normalized spacial score (nSPS) is 11.1. The van der Waals surface area contributed by atoms with Crippen LogP contribution in [0.2, 0.25) is 0 Å². The molecule has 3 rings (SSSR count). The van der Waals surface area contributed by atoms with E-state index in [-0.39, 0.29) is 11.3 Å². The predicted molar refractivity (Wildman–Crippen MR) is 109 cm³/mol. The summed E-state index contributed by atoms with van der Waals surface area (Å²) in [6.45, 7) is 6.60. The van der Waals surface area contributed by atoms with Crippen molar-refractivity contribution in [2.45, 2.75) is 40.2 Å². The van der Waals surface area contributed by atoms with Gasteiger partial charge in [-0.1, -0.05) is 56.3 Å². The van der Waals surface area contributed by atoms with Crippen LogP contribution >= 0.6 is 0 Å². The van der Waals surface area contributed by atoms with Gasteiger partial charge < -0.3 is 5.11 Å². The molecule has 2 aromatic carbocycles. The SMILES string of the molecule is Cc1nc(-c2ccccc2O)n(CCc2ccccc2)c(=O)c1CC(C)C. The van der Waals surface area contributed by atoms with Gasteiger partial charge in [-0.3, -0.25) is 9.36 Å². The Morgan fingerprint density at radius 3 is 2.37 bits per heavy atom. The Balaban J connectivity index is 2.11. The number of hydrogen-bond donors (Lipinski definition) is 1. The molecule has 0 radical (unpaired) electrons. The van der Waals surface area contributed by atoms with E-state index >= 15 is 0 Å². The summed E-state index contributed by atoms with van der Waals surface area (Å²) in [7, 11) is 0. The molecule has 3 aromatic rings. The number of rotatable bonds is 6. The van der Waals surface area contributed by atoms with E-state index in [4.69, 9.17) is 4.98 Å². The molecular formula is C23H26N2O2. The average molecular weight is 362 g/mol. The molecule has 4 heteroatoms. The monoisotopic (exact) mass is 362 g/mol. The lowest BCUT2D eigenvalue weighted by atomic mass is 10.0. The van der Waals surface area contributed by atoms with Crippen molar-refractivity contribution in [3.8, 4) is 17.1 Å². The topological polar surface area (TPSA) is 55.1 Å². The van der Waals surface area contributed by atoms with E-state index in [0.29, 0.717) is 30.3 Å². The van der Waals surface area contributed by atoms with E-state index in [1.54, 1.807) is 22.8 Å². The van der Waals surface area contributed by atoms with E-state index in [1.807, 2.05) is 31.2 Å². The summed E-state index contributed by atoms with van der Waals surface area (Å²) in [5.74, 6) is 1.03. The molecule has 4 nitrogen and oxygen atoms in total. The first kappa shape index (κ1) is 18.9. The molecule has 0 atom stereocenters. The molecule has 0 aliphatic rings. The highest BCUT2D eigenvalue weighted by Crippen LogP contribution is 2.27. The molecule has 27 heavy (non-hydrogen) atoms. The third-order valence-corrected chi connectivity index (χ3v) is 4.69. The quantitative estimate of drug-likeness (QED) is 0.709. The van der Waals surface area contributed by atoms with Crippen molar-refractivity contribution in [1.82, 2.24) is 9.55 Å². The number of benzene rings is 2. The van der Waals surface area contributed by atoms with Gasteiger partial charge in [0.25, 0.3) is 5.56 Å². The van der Waals surface area contributed by atoms with Gasteiger partial charge in [-0.25, -0.2) is 4.98 Å². The van der Waals surface area contributed by atoms with Crippen molar-refractivity contribution in [2.75, 3.05) is 0 Å². The second-order valence-corrected chi connectivity index (χ2v) is 7.31. The van der Waals surface area contributed by atoms with Gasteiger partial charge in [0.05, 0.1) is 5.56 Å². The molecule has 0 amide bonds. The van der Waals surface area contributed by atoms with Crippen LogP contribution in [0.1, 0.15) is 30.7 Å². The fraction of sp³-hybridized carbons (Fsp3) is 0.304. The van der Waals surface area contributed by atoms with Crippen molar-refractivity contribution in [2.24, 2.45) is 5.92 Å². The van der Waals surface area contributed by atoms with Crippen molar-refractivity contribution in [3.05, 3.63) is 81.8 Å². The second-order valence-electron chi connectivity index (χ2n) is 7.31. The average Bonchev–Trinajstić information content (AvgIpc) is 2.65. The lowest BCUT2D eigenvalue weighted by Crippen LogP contribution is -2.29. The first-order valence-electron chi connectivity index (χ1n) is 9.40. The minimum absolute atomic E-state index is 0.00890. The molecule has 0 spiro atoms. The van der Waals surface area contributed by atoms with Gasteiger partial charge in [0, 0.05) is 17.8 Å². The number of aryl methyl sites for hydroxylation is 2. The lowest BCUT2D eigenvalue weighted by molar-refractivity contribution is 0.475. The molecule has 0 saturated heterocycles. The zero-order chi connectivity index (χ0) is 19.4. The van der Waals surface area contributed by atoms with Crippen LogP contribution in [0.3, 0.4) is 0 Å². The number of para-hydroxylation sites is 1. The summed E-state index contributed by atoms with van der Waals surface area (Å²) in [5.41, 5.74) is 3.24. The maximum Gasteiger partial charge on any atom is 0.257 e. The van der Waals surface area contributed by atoms with E-state index in [0.717, 1.165) is 17.7 Å². The fourth-order valence-electron chi connectivity index (χ4n) is 3.31. The van der Waals surface area contributed by atoms with Crippen LogP contribution in [-0.2, 0) is 19.4 Å². The molecule has 1 heterocycles. The van der Waals surface area contributed by atoms with Gasteiger partial charge >= 0.3 is 0 Å². The number of aromatic nitrogens is 2. The summed E-state index contributed by atoms with van der Waals surface area (Å²) in [4.78, 5) is 18.0. The van der Waals surface area contributed by atoms with Crippen molar-refractivity contribution in [1.29, 1.82) is 0 Å². The fourth-order valence-corrected chi connectivity index (χ4v) is 3.31. The summed E-state index contributed by atoms with van der Waals surface area (Å²) >= 11 is 0. The number of phenolic OH excluding ortho intramolecular Hbond substituents is 1. The molecule has 140 valence electrons. The molecule has 0 bridgehead atoms. The molecule has 0 saturated carbocycles. The standard InChI is InChI=1S/C23H26N2O2/c1-16(2)15-20-17(3)24-22(19-11-7-8-12-21(19)26)25(23(20)27)14-13-18-9-5-4-6-10-18/h4-12,16,26H,13-15H2,1-3H3. The Kier molecular flexibility index (Phi) is 5.75. The van der Waals surface area contributed by atoms with E-state index < -0.39 is 0 Å². The Labute approximate surface area is 160 Å². The second kappa shape index (κ2) is 8.21. The Morgan fingerprint density at radius 2 is 1.70 bits per heavy atom. The van der Waals surface area contributed by atoms with E-state index in [9.17, 15) is 9.90 Å². The number of phenols is 1. The van der Waals surface area contributed by atoms with Crippen molar-refractivity contribution < 1.29 is 5.11 Å². The van der Waals surface area contributed by atoms with Gasteiger partial charge in [0.15, 0.2) is 0 Å². The van der Waals surface area contributed by atoms with Gasteiger partial charge in [-0.15, -0.1) is 0 Å². The van der Waals surface area contributed by atoms with Crippen LogP contribution in [0, 0.1) is 12.8 Å². The highest BCUT2D eigenvalue weighted by molar-refractivity contribution is 5.64. The van der Waals surface area contributed by atoms with Crippen LogP contribution < -0.4 is 5.56 Å². The third-order valence-electron chi connectivity index (χ3n) is 4.69. The molecule has 0 unspecified atom stereocenters. The molecule has 1 aromatic heterocycles. The van der Waals surface area contributed by atoms with Gasteiger partial charge in [-0.2, -0.15) is 0 Å². The third kappa shape index (κ3) is 4.27. The Morgan fingerprint density at radius 1 is 1.04 bits per heavy atom. The molecule has 1 N–H and O–H groups in total. The van der Waals surface area contributed by atoms with Crippen LogP contribution in [0.4, 0.5) is 0 Å². The summed E-state index contributed by atoms with van der Waals surface area (Å²) in [6.07, 6.45) is 1.43. The maximum absolute atomic E-state index is 13.3. The minimum atomic E-state index is -0.00890. The Bertz CT molecular complexity index is 975. The lowest BCUT2D eigenvalue weighted by Gasteiger charge is -2.17. The number of aromatic hydroxyl groups is 1. The van der Waals surface area contributed by atoms with Crippen LogP contribution in [0.5, 0.6) is 5.75 Å². The minimum Gasteiger partial charge on any atom is -0.507 e. The predicted octanol–water partition coefficient (Wildman–Crippen LogP) is 4.37. The summed E-state index contributed by atoms with van der Waals surface area (Å²) in [5, 5.41) is 10.3. The van der Waals surface area contributed by atoms with Gasteiger partial charge in [-0.05, 0) is 43.4 Å². The first-order chi connectivity index (χ1) is 13.0. The van der Waals surface area contributed by atoms with Gasteiger partial charge in [0.1, 0.15) is 11.6 Å². The zero-order valence-corrected chi connectivity index (χ0v) is 16.1. The summed E-state index contributed by atoms with van der Waals surface area (Å²) < 4.78 is 1.72.